The summed E-state index contributed by atoms with van der Waals surface area (Å²) < 4.78 is 0. The predicted octanol–water partition coefficient (Wildman–Crippen LogP) is 2.56. The molecule has 2 N–H and O–H groups in total. The molecule has 2 bridgehead atoms. The Bertz CT molecular complexity index is 290. The highest BCUT2D eigenvalue weighted by atomic mass is 15.2. The second-order valence-corrected chi connectivity index (χ2v) is 6.85. The molecular weight excluding hydrogens is 246 g/mol. The standard InChI is InChI=1S/C17H35N3/c1-4-19(5-2)10-7-11-20(6-3)17(14-18)13-15-8-9-16(17)12-15/h15-16H,4-14,18H2,1-3H3. The summed E-state index contributed by atoms with van der Waals surface area (Å²) in [4.78, 5) is 5.27. The molecule has 2 saturated carbocycles. The van der Waals surface area contributed by atoms with Crippen molar-refractivity contribution in [2.45, 2.75) is 58.4 Å². The number of likely N-dealkylation sites (N-methyl/N-ethyl adjacent to an activating group) is 1. The van der Waals surface area contributed by atoms with E-state index in [1.807, 2.05) is 0 Å². The average molecular weight is 281 g/mol. The van der Waals surface area contributed by atoms with Crippen LogP contribution in [0.2, 0.25) is 0 Å². The molecule has 0 saturated heterocycles. The van der Waals surface area contributed by atoms with E-state index < -0.39 is 0 Å². The number of nitrogens with zero attached hydrogens (tertiary/aromatic N) is 2. The number of hydrogen-bond donors (Lipinski definition) is 1. The van der Waals surface area contributed by atoms with Gasteiger partial charge in [-0.3, -0.25) is 4.90 Å². The highest BCUT2D eigenvalue weighted by molar-refractivity contribution is 5.08. The minimum Gasteiger partial charge on any atom is -0.329 e. The molecule has 3 atom stereocenters. The number of nitrogens with two attached hydrogens (primary N) is 1. The second kappa shape index (κ2) is 7.24. The Morgan fingerprint density at radius 2 is 1.80 bits per heavy atom. The number of rotatable bonds is 9. The van der Waals surface area contributed by atoms with Crippen molar-refractivity contribution in [3.05, 3.63) is 0 Å². The fourth-order valence-electron chi connectivity index (χ4n) is 4.90. The zero-order valence-electron chi connectivity index (χ0n) is 13.9. The fraction of sp³-hybridized carbons (Fsp3) is 1.00. The first kappa shape index (κ1) is 16.3. The van der Waals surface area contributed by atoms with Gasteiger partial charge in [0, 0.05) is 12.1 Å². The van der Waals surface area contributed by atoms with Gasteiger partial charge in [-0.1, -0.05) is 27.2 Å². The topological polar surface area (TPSA) is 32.5 Å². The van der Waals surface area contributed by atoms with Crippen LogP contribution in [0.5, 0.6) is 0 Å². The van der Waals surface area contributed by atoms with E-state index in [1.54, 1.807) is 0 Å². The van der Waals surface area contributed by atoms with Crippen LogP contribution < -0.4 is 5.73 Å². The van der Waals surface area contributed by atoms with Crippen molar-refractivity contribution in [1.29, 1.82) is 0 Å². The Kier molecular flexibility index (Phi) is 5.88. The van der Waals surface area contributed by atoms with Gasteiger partial charge in [0.15, 0.2) is 0 Å². The maximum atomic E-state index is 6.26. The van der Waals surface area contributed by atoms with Crippen LogP contribution in [0.3, 0.4) is 0 Å². The highest BCUT2D eigenvalue weighted by Gasteiger charge is 2.52. The van der Waals surface area contributed by atoms with E-state index in [0.29, 0.717) is 5.54 Å². The molecule has 0 aromatic carbocycles. The van der Waals surface area contributed by atoms with Crippen LogP contribution in [0.15, 0.2) is 0 Å². The van der Waals surface area contributed by atoms with Crippen molar-refractivity contribution in [1.82, 2.24) is 9.80 Å². The van der Waals surface area contributed by atoms with E-state index in [4.69, 9.17) is 5.73 Å². The van der Waals surface area contributed by atoms with E-state index >= 15 is 0 Å². The third-order valence-corrected chi connectivity index (χ3v) is 6.11. The quantitative estimate of drug-likeness (QED) is 0.705. The summed E-state index contributed by atoms with van der Waals surface area (Å²) >= 11 is 0. The Morgan fingerprint density at radius 3 is 2.25 bits per heavy atom. The third-order valence-electron chi connectivity index (χ3n) is 6.11. The molecule has 0 aromatic rings. The van der Waals surface area contributed by atoms with Crippen molar-refractivity contribution in [2.75, 3.05) is 39.3 Å². The molecule has 0 heterocycles. The molecule has 3 nitrogen and oxygen atoms in total. The molecule has 0 aromatic heterocycles. The van der Waals surface area contributed by atoms with Gasteiger partial charge in [0.05, 0.1) is 0 Å². The molecule has 0 amide bonds. The Balaban J connectivity index is 1.90. The molecule has 3 unspecified atom stereocenters. The van der Waals surface area contributed by atoms with Crippen LogP contribution in [0, 0.1) is 11.8 Å². The van der Waals surface area contributed by atoms with Gasteiger partial charge in [-0.2, -0.15) is 0 Å². The summed E-state index contributed by atoms with van der Waals surface area (Å²) in [5.41, 5.74) is 6.61. The first-order valence-electron chi connectivity index (χ1n) is 8.87. The van der Waals surface area contributed by atoms with Crippen LogP contribution in [0.4, 0.5) is 0 Å². The van der Waals surface area contributed by atoms with Crippen molar-refractivity contribution in [2.24, 2.45) is 17.6 Å². The van der Waals surface area contributed by atoms with E-state index in [0.717, 1.165) is 18.4 Å². The number of hydrogen-bond acceptors (Lipinski definition) is 3. The fourth-order valence-corrected chi connectivity index (χ4v) is 4.90. The van der Waals surface area contributed by atoms with Crippen LogP contribution in [-0.4, -0.2) is 54.6 Å². The number of fused-ring (bicyclic) bond motifs is 2. The minimum atomic E-state index is 0.348. The molecule has 2 aliphatic rings. The lowest BCUT2D eigenvalue weighted by atomic mass is 9.79. The SMILES string of the molecule is CCN(CC)CCCN(CC)C1(CN)CC2CCC1C2. The average Bonchev–Trinajstić information content (AvgIpc) is 3.08. The minimum absolute atomic E-state index is 0.348. The van der Waals surface area contributed by atoms with Gasteiger partial charge in [0.2, 0.25) is 0 Å². The van der Waals surface area contributed by atoms with Crippen LogP contribution >= 0.6 is 0 Å². The summed E-state index contributed by atoms with van der Waals surface area (Å²) in [6.45, 7) is 13.7. The zero-order valence-corrected chi connectivity index (χ0v) is 13.9. The Morgan fingerprint density at radius 1 is 1.05 bits per heavy atom. The molecule has 2 fully saturated rings. The predicted molar refractivity (Wildman–Crippen MR) is 86.9 cm³/mol. The van der Waals surface area contributed by atoms with Crippen LogP contribution in [0.25, 0.3) is 0 Å². The molecule has 2 rings (SSSR count). The molecule has 0 aliphatic heterocycles. The lowest BCUT2D eigenvalue weighted by molar-refractivity contribution is 0.0427. The molecule has 3 heteroatoms. The molecule has 0 radical (unpaired) electrons. The maximum absolute atomic E-state index is 6.26. The normalized spacial score (nSPS) is 32.7. The van der Waals surface area contributed by atoms with E-state index in [1.165, 1.54) is 64.8 Å². The summed E-state index contributed by atoms with van der Waals surface area (Å²) in [6.07, 6.45) is 6.99. The Hall–Kier alpha value is -0.120. The lowest BCUT2D eigenvalue weighted by Crippen LogP contribution is -2.57. The van der Waals surface area contributed by atoms with Gasteiger partial charge in [0.25, 0.3) is 0 Å². The summed E-state index contributed by atoms with van der Waals surface area (Å²) in [6, 6.07) is 0. The van der Waals surface area contributed by atoms with Crippen molar-refractivity contribution in [3.8, 4) is 0 Å². The van der Waals surface area contributed by atoms with Crippen molar-refractivity contribution < 1.29 is 0 Å². The van der Waals surface area contributed by atoms with Crippen molar-refractivity contribution >= 4 is 0 Å². The van der Waals surface area contributed by atoms with E-state index in [2.05, 4.69) is 30.6 Å². The molecule has 2 aliphatic carbocycles. The van der Waals surface area contributed by atoms with Crippen LogP contribution in [0.1, 0.15) is 52.9 Å². The first-order valence-corrected chi connectivity index (χ1v) is 8.87. The summed E-state index contributed by atoms with van der Waals surface area (Å²) in [5.74, 6) is 1.85. The smallest absolute Gasteiger partial charge is 0.0362 e. The molecular formula is C17H35N3. The van der Waals surface area contributed by atoms with Gasteiger partial charge in [-0.25, -0.2) is 0 Å². The van der Waals surface area contributed by atoms with E-state index in [-0.39, 0.29) is 0 Å². The van der Waals surface area contributed by atoms with Gasteiger partial charge in [0.1, 0.15) is 0 Å². The molecule has 0 spiro atoms. The summed E-state index contributed by atoms with van der Waals surface area (Å²) in [5, 5.41) is 0. The molecule has 20 heavy (non-hydrogen) atoms. The largest absolute Gasteiger partial charge is 0.329 e. The monoisotopic (exact) mass is 281 g/mol. The van der Waals surface area contributed by atoms with Gasteiger partial charge >= 0.3 is 0 Å². The van der Waals surface area contributed by atoms with Gasteiger partial charge < -0.3 is 10.6 Å². The van der Waals surface area contributed by atoms with Crippen molar-refractivity contribution in [3.63, 3.8) is 0 Å². The zero-order chi connectivity index (χ0) is 14.6. The maximum Gasteiger partial charge on any atom is 0.0362 e. The van der Waals surface area contributed by atoms with Crippen LogP contribution in [-0.2, 0) is 0 Å². The Labute approximate surface area is 125 Å². The molecule has 118 valence electrons. The first-order chi connectivity index (χ1) is 9.70. The summed E-state index contributed by atoms with van der Waals surface area (Å²) in [7, 11) is 0. The van der Waals surface area contributed by atoms with Gasteiger partial charge in [-0.15, -0.1) is 0 Å². The lowest BCUT2D eigenvalue weighted by Gasteiger charge is -2.46. The van der Waals surface area contributed by atoms with Gasteiger partial charge in [-0.05, 0) is 70.2 Å². The highest BCUT2D eigenvalue weighted by Crippen LogP contribution is 2.53. The second-order valence-electron chi connectivity index (χ2n) is 6.85. The van der Waals surface area contributed by atoms with E-state index in [9.17, 15) is 0 Å². The third kappa shape index (κ3) is 3.05.